The first-order valence-corrected chi connectivity index (χ1v) is 5.24. The molecule has 0 aliphatic heterocycles. The van der Waals surface area contributed by atoms with Crippen molar-refractivity contribution < 1.29 is 27.8 Å². The zero-order valence-electron chi connectivity index (χ0n) is 9.96. The van der Waals surface area contributed by atoms with Gasteiger partial charge in [0.15, 0.2) is 0 Å². The van der Waals surface area contributed by atoms with Crippen molar-refractivity contribution >= 4 is 5.91 Å². The number of methoxy groups -OCH3 is 1. The van der Waals surface area contributed by atoms with E-state index in [2.05, 4.69) is 0 Å². The number of aliphatic hydroxyl groups is 1. The highest BCUT2D eigenvalue weighted by atomic mass is 19.4. The lowest BCUT2D eigenvalue weighted by Gasteiger charge is -2.24. The minimum absolute atomic E-state index is 0.0239. The molecule has 0 fully saturated rings. The molecule has 0 heterocycles. The molecule has 0 aromatic carbocycles. The average molecular weight is 257 g/mol. The summed E-state index contributed by atoms with van der Waals surface area (Å²) in [6.45, 7) is -0.0958. The van der Waals surface area contributed by atoms with Gasteiger partial charge in [0.25, 0.3) is 0 Å². The molecule has 102 valence electrons. The molecule has 4 nitrogen and oxygen atoms in total. The number of nitrogens with zero attached hydrogens (tertiary/aromatic N) is 1. The van der Waals surface area contributed by atoms with Crippen LogP contribution in [-0.4, -0.2) is 55.5 Å². The second-order valence-electron chi connectivity index (χ2n) is 3.92. The van der Waals surface area contributed by atoms with Crippen LogP contribution in [0.1, 0.15) is 13.3 Å². The Labute approximate surface area is 98.3 Å². The number of ether oxygens (including phenoxy) is 1. The first-order valence-electron chi connectivity index (χ1n) is 5.24. The minimum Gasteiger partial charge on any atom is -0.395 e. The number of carbonyl (C=O) groups is 1. The van der Waals surface area contributed by atoms with E-state index in [1.165, 1.54) is 7.11 Å². The lowest BCUT2D eigenvalue weighted by molar-refractivity contribution is -0.162. The molecule has 0 aliphatic rings. The zero-order valence-corrected chi connectivity index (χ0v) is 9.96. The summed E-state index contributed by atoms with van der Waals surface area (Å²) in [5.74, 6) is -0.775. The molecule has 0 rings (SSSR count). The van der Waals surface area contributed by atoms with Crippen molar-refractivity contribution in [2.45, 2.75) is 19.5 Å². The van der Waals surface area contributed by atoms with Crippen LogP contribution in [0.15, 0.2) is 0 Å². The Bertz CT molecular complexity index is 233. The molecule has 0 aromatic rings. The van der Waals surface area contributed by atoms with E-state index in [-0.39, 0.29) is 18.9 Å². The van der Waals surface area contributed by atoms with Crippen LogP contribution in [0, 0.1) is 5.92 Å². The van der Waals surface area contributed by atoms with Crippen LogP contribution < -0.4 is 0 Å². The summed E-state index contributed by atoms with van der Waals surface area (Å²) in [5, 5.41) is 8.63. The Morgan fingerprint density at radius 2 is 2.06 bits per heavy atom. The van der Waals surface area contributed by atoms with E-state index >= 15 is 0 Å². The number of halogens is 3. The summed E-state index contributed by atoms with van der Waals surface area (Å²) in [4.78, 5) is 12.2. The molecular weight excluding hydrogens is 239 g/mol. The average Bonchev–Trinajstić information content (AvgIpc) is 2.15. The zero-order chi connectivity index (χ0) is 13.5. The SMILES string of the molecule is COCC(C)CC(=O)N(CCO)CC(F)(F)F. The molecular formula is C10H18F3NO3. The maximum absolute atomic E-state index is 12.2. The maximum atomic E-state index is 12.2. The number of carbonyl (C=O) groups excluding carboxylic acids is 1. The number of hydrogen-bond acceptors (Lipinski definition) is 3. The Kier molecular flexibility index (Phi) is 7.13. The van der Waals surface area contributed by atoms with E-state index < -0.39 is 25.2 Å². The Morgan fingerprint density at radius 3 is 2.47 bits per heavy atom. The normalized spacial score (nSPS) is 13.5. The fourth-order valence-corrected chi connectivity index (χ4v) is 1.40. The van der Waals surface area contributed by atoms with Gasteiger partial charge in [-0.25, -0.2) is 0 Å². The molecule has 0 bridgehead atoms. The van der Waals surface area contributed by atoms with Gasteiger partial charge in [0.2, 0.25) is 5.91 Å². The summed E-state index contributed by atoms with van der Waals surface area (Å²) in [7, 11) is 1.46. The summed E-state index contributed by atoms with van der Waals surface area (Å²) < 4.78 is 41.3. The maximum Gasteiger partial charge on any atom is 0.406 e. The smallest absolute Gasteiger partial charge is 0.395 e. The van der Waals surface area contributed by atoms with Crippen LogP contribution in [0.3, 0.4) is 0 Å². The van der Waals surface area contributed by atoms with Crippen LogP contribution >= 0.6 is 0 Å². The third kappa shape index (κ3) is 7.98. The van der Waals surface area contributed by atoms with Gasteiger partial charge in [-0.05, 0) is 5.92 Å². The molecule has 0 aromatic heterocycles. The van der Waals surface area contributed by atoms with Crippen molar-refractivity contribution in [2.75, 3.05) is 33.4 Å². The lowest BCUT2D eigenvalue weighted by Crippen LogP contribution is -2.41. The summed E-state index contributed by atoms with van der Waals surface area (Å²) in [6.07, 6.45) is -4.47. The standard InChI is InChI=1S/C10H18F3NO3/c1-8(6-17-2)5-9(16)14(3-4-15)7-10(11,12)13/h8,15H,3-7H2,1-2H3. The van der Waals surface area contributed by atoms with Crippen molar-refractivity contribution in [3.05, 3.63) is 0 Å². The highest BCUT2D eigenvalue weighted by Gasteiger charge is 2.32. The Balaban J connectivity index is 4.33. The molecule has 0 saturated heterocycles. The molecule has 0 spiro atoms. The predicted octanol–water partition coefficient (Wildman–Crippen LogP) is 1.04. The first kappa shape index (κ1) is 16.2. The molecule has 0 saturated carbocycles. The summed E-state index contributed by atoms with van der Waals surface area (Å²) in [5.41, 5.74) is 0. The Morgan fingerprint density at radius 1 is 1.47 bits per heavy atom. The minimum atomic E-state index is -4.45. The largest absolute Gasteiger partial charge is 0.406 e. The highest BCUT2D eigenvalue weighted by Crippen LogP contribution is 2.17. The number of aliphatic hydroxyl groups excluding tert-OH is 1. The topological polar surface area (TPSA) is 49.8 Å². The third-order valence-electron chi connectivity index (χ3n) is 2.07. The van der Waals surface area contributed by atoms with Crippen molar-refractivity contribution in [3.8, 4) is 0 Å². The number of amides is 1. The van der Waals surface area contributed by atoms with Crippen LogP contribution in [0.25, 0.3) is 0 Å². The fourth-order valence-electron chi connectivity index (χ4n) is 1.40. The van der Waals surface area contributed by atoms with Gasteiger partial charge in [-0.3, -0.25) is 4.79 Å². The quantitative estimate of drug-likeness (QED) is 0.741. The van der Waals surface area contributed by atoms with E-state index in [4.69, 9.17) is 9.84 Å². The molecule has 17 heavy (non-hydrogen) atoms. The molecule has 1 atom stereocenters. The lowest BCUT2D eigenvalue weighted by atomic mass is 10.1. The first-order chi connectivity index (χ1) is 7.80. The molecule has 7 heteroatoms. The van der Waals surface area contributed by atoms with Crippen molar-refractivity contribution in [3.63, 3.8) is 0 Å². The third-order valence-corrected chi connectivity index (χ3v) is 2.07. The van der Waals surface area contributed by atoms with Crippen molar-refractivity contribution in [1.82, 2.24) is 4.90 Å². The van der Waals surface area contributed by atoms with E-state index in [0.29, 0.717) is 11.5 Å². The number of rotatable bonds is 7. The predicted molar refractivity (Wildman–Crippen MR) is 55.4 cm³/mol. The van der Waals surface area contributed by atoms with E-state index in [9.17, 15) is 18.0 Å². The van der Waals surface area contributed by atoms with Crippen LogP contribution in [-0.2, 0) is 9.53 Å². The van der Waals surface area contributed by atoms with Crippen LogP contribution in [0.2, 0.25) is 0 Å². The number of hydrogen-bond donors (Lipinski definition) is 1. The van der Waals surface area contributed by atoms with Crippen LogP contribution in [0.5, 0.6) is 0 Å². The van der Waals surface area contributed by atoms with Gasteiger partial charge in [-0.15, -0.1) is 0 Å². The van der Waals surface area contributed by atoms with Gasteiger partial charge in [0.1, 0.15) is 6.54 Å². The van der Waals surface area contributed by atoms with Gasteiger partial charge >= 0.3 is 6.18 Å². The van der Waals surface area contributed by atoms with Crippen LogP contribution in [0.4, 0.5) is 13.2 Å². The van der Waals surface area contributed by atoms with Gasteiger partial charge in [0, 0.05) is 26.7 Å². The molecule has 1 N–H and O–H groups in total. The van der Waals surface area contributed by atoms with Crippen molar-refractivity contribution in [1.29, 1.82) is 0 Å². The monoisotopic (exact) mass is 257 g/mol. The molecule has 0 aliphatic carbocycles. The second-order valence-corrected chi connectivity index (χ2v) is 3.92. The van der Waals surface area contributed by atoms with Gasteiger partial charge in [-0.2, -0.15) is 13.2 Å². The summed E-state index contributed by atoms with van der Waals surface area (Å²) in [6, 6.07) is 0. The Hall–Kier alpha value is -0.820. The molecule has 1 unspecified atom stereocenters. The van der Waals surface area contributed by atoms with Gasteiger partial charge in [-0.1, -0.05) is 6.92 Å². The van der Waals surface area contributed by atoms with Gasteiger partial charge in [0.05, 0.1) is 6.61 Å². The number of alkyl halides is 3. The molecule has 0 radical (unpaired) electrons. The van der Waals surface area contributed by atoms with Crippen molar-refractivity contribution in [2.24, 2.45) is 5.92 Å². The van der Waals surface area contributed by atoms with E-state index in [1.54, 1.807) is 6.92 Å². The van der Waals surface area contributed by atoms with Gasteiger partial charge < -0.3 is 14.7 Å². The highest BCUT2D eigenvalue weighted by molar-refractivity contribution is 5.76. The molecule has 1 amide bonds. The van der Waals surface area contributed by atoms with E-state index in [1.807, 2.05) is 0 Å². The second kappa shape index (κ2) is 7.50. The summed E-state index contributed by atoms with van der Waals surface area (Å²) >= 11 is 0. The van der Waals surface area contributed by atoms with E-state index in [0.717, 1.165) is 0 Å². The fraction of sp³-hybridized carbons (Fsp3) is 0.900.